The average molecular weight is 315 g/mol. The summed E-state index contributed by atoms with van der Waals surface area (Å²) in [6.45, 7) is 0. The number of aromatic carboxylic acids is 1. The number of pyridine rings is 1. The van der Waals surface area contributed by atoms with E-state index >= 15 is 0 Å². The average Bonchev–Trinajstić information content (AvgIpc) is 2.40. The van der Waals surface area contributed by atoms with Crippen LogP contribution in [-0.4, -0.2) is 21.8 Å². The number of hydrogen-bond donors (Lipinski definition) is 1. The molecule has 2 aromatic rings. The molecule has 0 radical (unpaired) electrons. The van der Waals surface area contributed by atoms with Crippen LogP contribution in [0.4, 0.5) is 17.6 Å². The minimum Gasteiger partial charge on any atom is -0.477 e. The highest BCUT2D eigenvalue weighted by atomic mass is 19.4. The van der Waals surface area contributed by atoms with Crippen LogP contribution in [0, 0.1) is 5.82 Å². The molecule has 1 N–H and O–H groups in total. The third-order valence-corrected chi connectivity index (χ3v) is 3.80. The Balaban J connectivity index is 2.47. The van der Waals surface area contributed by atoms with E-state index in [0.29, 0.717) is 6.20 Å². The molecule has 1 atom stereocenters. The van der Waals surface area contributed by atoms with Crippen LogP contribution < -0.4 is 5.43 Å². The number of carbonyl (C=O) groups is 1. The Morgan fingerprint density at radius 1 is 1.32 bits per heavy atom. The van der Waals surface area contributed by atoms with Gasteiger partial charge in [0, 0.05) is 11.6 Å². The van der Waals surface area contributed by atoms with Gasteiger partial charge < -0.3 is 9.67 Å². The quantitative estimate of drug-likeness (QED) is 0.823. The second-order valence-electron chi connectivity index (χ2n) is 5.14. The zero-order valence-corrected chi connectivity index (χ0v) is 10.9. The summed E-state index contributed by atoms with van der Waals surface area (Å²) in [6, 6.07) is -0.0830. The van der Waals surface area contributed by atoms with Crippen LogP contribution in [0.3, 0.4) is 0 Å². The normalized spacial score (nSPS) is 17.7. The van der Waals surface area contributed by atoms with Gasteiger partial charge in [-0.3, -0.25) is 4.79 Å². The van der Waals surface area contributed by atoms with Crippen LogP contribution in [0.2, 0.25) is 0 Å². The highest BCUT2D eigenvalue weighted by Crippen LogP contribution is 2.40. The first-order valence-corrected chi connectivity index (χ1v) is 6.37. The number of rotatable bonds is 1. The number of benzene rings is 1. The van der Waals surface area contributed by atoms with E-state index in [4.69, 9.17) is 5.11 Å². The summed E-state index contributed by atoms with van der Waals surface area (Å²) in [5, 5.41) is 8.66. The summed E-state index contributed by atoms with van der Waals surface area (Å²) < 4.78 is 53.8. The maximum absolute atomic E-state index is 13.6. The van der Waals surface area contributed by atoms with Crippen molar-refractivity contribution in [1.82, 2.24) is 4.57 Å². The van der Waals surface area contributed by atoms with Crippen molar-refractivity contribution in [3.63, 3.8) is 0 Å². The van der Waals surface area contributed by atoms with Gasteiger partial charge in [0.2, 0.25) is 5.43 Å². The number of carboxylic acid groups (broad SMARTS) is 1. The van der Waals surface area contributed by atoms with Gasteiger partial charge in [-0.05, 0) is 30.5 Å². The molecule has 0 spiro atoms. The van der Waals surface area contributed by atoms with Crippen molar-refractivity contribution in [2.45, 2.75) is 25.1 Å². The molecule has 1 aliphatic heterocycles. The van der Waals surface area contributed by atoms with Crippen LogP contribution >= 0.6 is 0 Å². The molecule has 8 heteroatoms. The van der Waals surface area contributed by atoms with Crippen molar-refractivity contribution in [2.24, 2.45) is 0 Å². The zero-order valence-electron chi connectivity index (χ0n) is 10.9. The van der Waals surface area contributed by atoms with E-state index in [1.54, 1.807) is 0 Å². The molecule has 116 valence electrons. The monoisotopic (exact) mass is 315 g/mol. The van der Waals surface area contributed by atoms with Gasteiger partial charge in [-0.1, -0.05) is 0 Å². The minimum atomic E-state index is -4.59. The number of aryl methyl sites for hydroxylation is 1. The number of nitrogens with zero attached hydrogens (tertiary/aromatic N) is 1. The molecule has 1 unspecified atom stereocenters. The first-order chi connectivity index (χ1) is 10.2. The van der Waals surface area contributed by atoms with E-state index in [2.05, 4.69) is 0 Å². The molecule has 0 fully saturated rings. The third kappa shape index (κ3) is 2.06. The van der Waals surface area contributed by atoms with Crippen molar-refractivity contribution in [1.29, 1.82) is 0 Å². The molecule has 1 aromatic carbocycles. The lowest BCUT2D eigenvalue weighted by Crippen LogP contribution is -2.33. The molecule has 0 saturated heterocycles. The summed E-state index contributed by atoms with van der Waals surface area (Å²) >= 11 is 0. The molecule has 0 amide bonds. The maximum atomic E-state index is 13.6. The van der Waals surface area contributed by atoms with Crippen molar-refractivity contribution in [2.75, 3.05) is 0 Å². The summed E-state index contributed by atoms with van der Waals surface area (Å²) in [6.07, 6.45) is -4.27. The van der Waals surface area contributed by atoms with E-state index in [0.717, 1.165) is 16.7 Å². The number of halogens is 4. The van der Waals surface area contributed by atoms with Crippen LogP contribution in [0.1, 0.15) is 28.4 Å². The van der Waals surface area contributed by atoms with Gasteiger partial charge >= 0.3 is 12.1 Å². The fourth-order valence-corrected chi connectivity index (χ4v) is 2.88. The number of aromatic nitrogens is 1. The molecule has 22 heavy (non-hydrogen) atoms. The Kier molecular flexibility index (Phi) is 3.01. The van der Waals surface area contributed by atoms with Crippen molar-refractivity contribution in [3.8, 4) is 0 Å². The Bertz CT molecular complexity index is 854. The Labute approximate surface area is 120 Å². The Morgan fingerprint density at radius 2 is 2.00 bits per heavy atom. The molecule has 0 bridgehead atoms. The second-order valence-corrected chi connectivity index (χ2v) is 5.14. The van der Waals surface area contributed by atoms with Gasteiger partial charge in [-0.2, -0.15) is 13.2 Å². The molecular weight excluding hydrogens is 306 g/mol. The van der Waals surface area contributed by atoms with E-state index in [-0.39, 0.29) is 29.3 Å². The second kappa shape index (κ2) is 4.56. The smallest absolute Gasteiger partial charge is 0.409 e. The zero-order chi connectivity index (χ0) is 16.2. The number of alkyl halides is 3. The van der Waals surface area contributed by atoms with Crippen LogP contribution in [0.5, 0.6) is 0 Å². The predicted molar refractivity (Wildman–Crippen MR) is 68.5 cm³/mol. The summed E-state index contributed by atoms with van der Waals surface area (Å²) in [5.41, 5.74) is -1.57. The summed E-state index contributed by atoms with van der Waals surface area (Å²) in [4.78, 5) is 23.2. The van der Waals surface area contributed by atoms with E-state index < -0.39 is 35.0 Å². The van der Waals surface area contributed by atoms with Gasteiger partial charge in [0.05, 0.1) is 5.52 Å². The van der Waals surface area contributed by atoms with E-state index in [9.17, 15) is 27.2 Å². The predicted octanol–water partition coefficient (Wildman–Crippen LogP) is 2.89. The Hall–Kier alpha value is -2.38. The van der Waals surface area contributed by atoms with Gasteiger partial charge in [0.1, 0.15) is 17.4 Å². The van der Waals surface area contributed by atoms with E-state index in [1.807, 2.05) is 0 Å². The lowest BCUT2D eigenvalue weighted by atomic mass is 9.95. The fraction of sp³-hybridized carbons (Fsp3) is 0.286. The van der Waals surface area contributed by atoms with Gasteiger partial charge in [-0.25, -0.2) is 9.18 Å². The summed E-state index contributed by atoms with van der Waals surface area (Å²) in [7, 11) is 0. The van der Waals surface area contributed by atoms with Gasteiger partial charge in [-0.15, -0.1) is 0 Å². The lowest BCUT2D eigenvalue weighted by molar-refractivity contribution is -0.169. The molecule has 1 aliphatic rings. The molecular formula is C14H9F4NO3. The third-order valence-electron chi connectivity index (χ3n) is 3.80. The molecule has 1 aromatic heterocycles. The minimum absolute atomic E-state index is 0.0374. The SMILES string of the molecule is O=C(O)c1cn2c3c(cc(F)cc3c1=O)CCC2C(F)(F)F. The number of hydrogen-bond acceptors (Lipinski definition) is 2. The highest BCUT2D eigenvalue weighted by molar-refractivity contribution is 5.93. The van der Waals surface area contributed by atoms with E-state index in [1.165, 1.54) is 0 Å². The van der Waals surface area contributed by atoms with Crippen molar-refractivity contribution in [3.05, 3.63) is 45.5 Å². The van der Waals surface area contributed by atoms with Gasteiger partial charge in [0.25, 0.3) is 0 Å². The largest absolute Gasteiger partial charge is 0.477 e. The first-order valence-electron chi connectivity index (χ1n) is 6.37. The van der Waals surface area contributed by atoms with Crippen molar-refractivity contribution < 1.29 is 27.5 Å². The molecule has 3 rings (SSSR count). The lowest BCUT2D eigenvalue weighted by Gasteiger charge is -2.30. The van der Waals surface area contributed by atoms with Gasteiger partial charge in [0.15, 0.2) is 0 Å². The highest BCUT2D eigenvalue weighted by Gasteiger charge is 2.43. The van der Waals surface area contributed by atoms with Crippen LogP contribution in [0.25, 0.3) is 10.9 Å². The maximum Gasteiger partial charge on any atom is 0.409 e. The number of carboxylic acids is 1. The van der Waals surface area contributed by atoms with Crippen molar-refractivity contribution >= 4 is 16.9 Å². The van der Waals surface area contributed by atoms with Crippen LogP contribution in [0.15, 0.2) is 23.1 Å². The first kappa shape index (κ1) is 14.6. The molecule has 0 aliphatic carbocycles. The topological polar surface area (TPSA) is 59.3 Å². The van der Waals surface area contributed by atoms with Crippen LogP contribution in [-0.2, 0) is 6.42 Å². The Morgan fingerprint density at radius 3 is 2.59 bits per heavy atom. The summed E-state index contributed by atoms with van der Waals surface area (Å²) in [5.74, 6) is -2.42. The molecule has 2 heterocycles. The standard InChI is InChI=1S/C14H9F4NO3/c15-7-3-6-1-2-10(14(16,17)18)19-5-9(13(21)22)12(20)8(4-7)11(6)19/h3-5,10H,1-2H2,(H,21,22). The molecule has 0 saturated carbocycles. The molecule has 4 nitrogen and oxygen atoms in total. The fourth-order valence-electron chi connectivity index (χ4n) is 2.88.